The maximum absolute atomic E-state index is 12.6. The molecule has 4 rings (SSSR count). The molecule has 0 fully saturated rings. The highest BCUT2D eigenvalue weighted by Gasteiger charge is 2.09. The van der Waals surface area contributed by atoms with Gasteiger partial charge in [0.15, 0.2) is 0 Å². The molecule has 0 amide bonds. The lowest BCUT2D eigenvalue weighted by Gasteiger charge is -2.06. The molecule has 0 aliphatic heterocycles. The van der Waals surface area contributed by atoms with E-state index in [-0.39, 0.29) is 5.56 Å². The summed E-state index contributed by atoms with van der Waals surface area (Å²) < 4.78 is 8.68. The van der Waals surface area contributed by atoms with Crippen LogP contribution in [0, 0.1) is 6.92 Å². The van der Waals surface area contributed by atoms with Gasteiger partial charge in [-0.25, -0.2) is 9.78 Å². The third kappa shape index (κ3) is 2.42. The summed E-state index contributed by atoms with van der Waals surface area (Å²) in [7, 11) is 0. The smallest absolute Gasteiger partial charge is 0.336 e. The Morgan fingerprint density at radius 1 is 1.17 bits per heavy atom. The molecule has 0 aliphatic carbocycles. The van der Waals surface area contributed by atoms with E-state index >= 15 is 0 Å². The maximum atomic E-state index is 12.6. The molecule has 4 heterocycles. The predicted octanol–water partition coefficient (Wildman–Crippen LogP) is 2.15. The molecule has 4 aromatic heterocycles. The van der Waals surface area contributed by atoms with E-state index in [0.717, 1.165) is 11.3 Å². The van der Waals surface area contributed by atoms with Crippen molar-refractivity contribution in [3.05, 3.63) is 81.0 Å². The van der Waals surface area contributed by atoms with E-state index in [9.17, 15) is 9.59 Å². The summed E-state index contributed by atoms with van der Waals surface area (Å²) in [5.41, 5.74) is 2.17. The second-order valence-corrected chi connectivity index (χ2v) is 5.75. The molecule has 0 saturated heterocycles. The third-order valence-corrected chi connectivity index (χ3v) is 4.09. The van der Waals surface area contributed by atoms with Crippen LogP contribution in [0.1, 0.15) is 11.3 Å². The molecular formula is C18H15N3O3. The predicted molar refractivity (Wildman–Crippen MR) is 90.4 cm³/mol. The lowest BCUT2D eigenvalue weighted by atomic mass is 10.2. The fourth-order valence-corrected chi connectivity index (χ4v) is 2.91. The molecule has 0 aliphatic rings. The van der Waals surface area contributed by atoms with Gasteiger partial charge in [0.2, 0.25) is 0 Å². The normalized spacial score (nSPS) is 11.4. The molecule has 6 nitrogen and oxygen atoms in total. The summed E-state index contributed by atoms with van der Waals surface area (Å²) in [6, 6.07) is 8.83. The van der Waals surface area contributed by atoms with Gasteiger partial charge in [0, 0.05) is 37.6 Å². The molecule has 0 spiro atoms. The standard InChI is InChI=1S/C18H15N3O3/c1-12-10-16(22)24-14-6-9-20(18(23)17(12)14)8-5-13-11-21-7-3-2-4-15(21)19-13/h2-4,6-7,9-11H,5,8H2,1H3. The number of hydrogen-bond acceptors (Lipinski definition) is 4. The third-order valence-electron chi connectivity index (χ3n) is 4.09. The summed E-state index contributed by atoms with van der Waals surface area (Å²) in [5.74, 6) is 0. The Bertz CT molecular complexity index is 1130. The van der Waals surface area contributed by atoms with Crippen molar-refractivity contribution in [1.82, 2.24) is 14.0 Å². The number of pyridine rings is 2. The first-order chi connectivity index (χ1) is 11.6. The van der Waals surface area contributed by atoms with Crippen molar-refractivity contribution in [3.8, 4) is 0 Å². The largest absolute Gasteiger partial charge is 0.422 e. The summed E-state index contributed by atoms with van der Waals surface area (Å²) in [4.78, 5) is 28.6. The molecule has 0 bridgehead atoms. The van der Waals surface area contributed by atoms with Crippen LogP contribution in [0.3, 0.4) is 0 Å². The van der Waals surface area contributed by atoms with Gasteiger partial charge in [0.05, 0.1) is 11.1 Å². The van der Waals surface area contributed by atoms with Crippen LogP contribution in [-0.4, -0.2) is 14.0 Å². The van der Waals surface area contributed by atoms with E-state index in [2.05, 4.69) is 4.98 Å². The van der Waals surface area contributed by atoms with Crippen LogP contribution in [0.4, 0.5) is 0 Å². The van der Waals surface area contributed by atoms with Gasteiger partial charge < -0.3 is 13.4 Å². The van der Waals surface area contributed by atoms with E-state index < -0.39 is 5.63 Å². The van der Waals surface area contributed by atoms with Gasteiger partial charge in [-0.15, -0.1) is 0 Å². The van der Waals surface area contributed by atoms with E-state index in [0.29, 0.717) is 29.5 Å². The zero-order valence-corrected chi connectivity index (χ0v) is 13.1. The number of rotatable bonds is 3. The number of fused-ring (bicyclic) bond motifs is 2. The van der Waals surface area contributed by atoms with Crippen molar-refractivity contribution in [2.24, 2.45) is 0 Å². The number of hydrogen-bond donors (Lipinski definition) is 0. The van der Waals surface area contributed by atoms with Crippen molar-refractivity contribution < 1.29 is 4.42 Å². The van der Waals surface area contributed by atoms with Crippen LogP contribution < -0.4 is 11.2 Å². The Labute approximate surface area is 136 Å². The first-order valence-electron chi connectivity index (χ1n) is 7.68. The number of imidazole rings is 1. The van der Waals surface area contributed by atoms with Gasteiger partial charge in [-0.05, 0) is 30.7 Å². The fraction of sp³-hybridized carbons (Fsp3) is 0.167. The Hall–Kier alpha value is -3.15. The van der Waals surface area contributed by atoms with Crippen molar-refractivity contribution in [1.29, 1.82) is 0 Å². The summed E-state index contributed by atoms with van der Waals surface area (Å²) >= 11 is 0. The molecule has 6 heteroatoms. The maximum Gasteiger partial charge on any atom is 0.336 e. The molecule has 0 atom stereocenters. The van der Waals surface area contributed by atoms with Crippen LogP contribution in [0.15, 0.2) is 62.9 Å². The van der Waals surface area contributed by atoms with Crippen molar-refractivity contribution >= 4 is 16.6 Å². The van der Waals surface area contributed by atoms with Crippen LogP contribution in [0.25, 0.3) is 16.6 Å². The van der Waals surface area contributed by atoms with Gasteiger partial charge in [-0.1, -0.05) is 6.07 Å². The number of nitrogens with zero attached hydrogens (tertiary/aromatic N) is 3. The lowest BCUT2D eigenvalue weighted by molar-refractivity contribution is 0.556. The van der Waals surface area contributed by atoms with Crippen molar-refractivity contribution in [2.45, 2.75) is 19.9 Å². The Balaban J connectivity index is 1.68. The first kappa shape index (κ1) is 14.4. The molecule has 4 aromatic rings. The van der Waals surface area contributed by atoms with Gasteiger partial charge in [0.25, 0.3) is 5.56 Å². The molecule has 0 radical (unpaired) electrons. The highest BCUT2D eigenvalue weighted by Crippen LogP contribution is 2.12. The van der Waals surface area contributed by atoms with Crippen LogP contribution in [-0.2, 0) is 13.0 Å². The Kier molecular flexibility index (Phi) is 3.30. The lowest BCUT2D eigenvalue weighted by Crippen LogP contribution is -2.22. The van der Waals surface area contributed by atoms with E-state index in [1.807, 2.05) is 35.0 Å². The average Bonchev–Trinajstić information content (AvgIpc) is 2.96. The zero-order valence-electron chi connectivity index (χ0n) is 13.1. The Morgan fingerprint density at radius 3 is 2.88 bits per heavy atom. The highest BCUT2D eigenvalue weighted by atomic mass is 16.4. The summed E-state index contributed by atoms with van der Waals surface area (Å²) in [5, 5.41) is 0.451. The topological polar surface area (TPSA) is 69.5 Å². The van der Waals surface area contributed by atoms with Crippen LogP contribution >= 0.6 is 0 Å². The highest BCUT2D eigenvalue weighted by molar-refractivity contribution is 5.78. The fourth-order valence-electron chi connectivity index (χ4n) is 2.91. The number of aromatic nitrogens is 3. The average molecular weight is 321 g/mol. The quantitative estimate of drug-likeness (QED) is 0.580. The second kappa shape index (κ2) is 5.49. The van der Waals surface area contributed by atoms with Gasteiger partial charge in [-0.2, -0.15) is 0 Å². The van der Waals surface area contributed by atoms with Crippen LogP contribution in [0.5, 0.6) is 0 Å². The molecule has 24 heavy (non-hydrogen) atoms. The zero-order chi connectivity index (χ0) is 16.7. The molecule has 0 aromatic carbocycles. The molecular weight excluding hydrogens is 306 g/mol. The minimum atomic E-state index is -0.443. The molecule has 120 valence electrons. The molecule has 0 N–H and O–H groups in total. The minimum Gasteiger partial charge on any atom is -0.422 e. The monoisotopic (exact) mass is 321 g/mol. The molecule has 0 unspecified atom stereocenters. The van der Waals surface area contributed by atoms with Gasteiger partial charge >= 0.3 is 5.63 Å². The SMILES string of the molecule is Cc1cc(=O)oc2ccn(CCc3cn4ccccc4n3)c(=O)c12. The van der Waals surface area contributed by atoms with E-state index in [4.69, 9.17) is 4.42 Å². The van der Waals surface area contributed by atoms with Crippen molar-refractivity contribution in [3.63, 3.8) is 0 Å². The van der Waals surface area contributed by atoms with E-state index in [1.165, 1.54) is 6.07 Å². The van der Waals surface area contributed by atoms with Gasteiger partial charge in [-0.3, -0.25) is 4.79 Å². The first-order valence-corrected chi connectivity index (χ1v) is 7.68. The van der Waals surface area contributed by atoms with Gasteiger partial charge in [0.1, 0.15) is 11.2 Å². The second-order valence-electron chi connectivity index (χ2n) is 5.75. The van der Waals surface area contributed by atoms with Crippen LogP contribution in [0.2, 0.25) is 0 Å². The Morgan fingerprint density at radius 2 is 2.04 bits per heavy atom. The minimum absolute atomic E-state index is 0.155. The van der Waals surface area contributed by atoms with Crippen molar-refractivity contribution in [2.75, 3.05) is 0 Å². The van der Waals surface area contributed by atoms with E-state index in [1.54, 1.807) is 23.8 Å². The summed E-state index contributed by atoms with van der Waals surface area (Å²) in [6.45, 7) is 2.25. The molecule has 0 saturated carbocycles. The number of aryl methyl sites for hydroxylation is 3. The summed E-state index contributed by atoms with van der Waals surface area (Å²) in [6.07, 6.45) is 6.21.